The molecule has 1 aromatic carbocycles. The van der Waals surface area contributed by atoms with Gasteiger partial charge in [-0.1, -0.05) is 12.1 Å². The van der Waals surface area contributed by atoms with Crippen molar-refractivity contribution in [2.24, 2.45) is 5.73 Å². The third kappa shape index (κ3) is 2.87. The fourth-order valence-electron chi connectivity index (χ4n) is 2.43. The summed E-state index contributed by atoms with van der Waals surface area (Å²) in [5.74, 6) is -0.270. The predicted octanol–water partition coefficient (Wildman–Crippen LogP) is 2.02. The van der Waals surface area contributed by atoms with E-state index < -0.39 is 0 Å². The van der Waals surface area contributed by atoms with Gasteiger partial charge in [0.15, 0.2) is 0 Å². The molecule has 3 N–H and O–H groups in total. The van der Waals surface area contributed by atoms with Crippen LogP contribution in [0.1, 0.15) is 31.9 Å². The number of carbonyl (C=O) groups is 1. The van der Waals surface area contributed by atoms with Crippen LogP contribution in [0.25, 0.3) is 0 Å². The van der Waals surface area contributed by atoms with Crippen molar-refractivity contribution in [1.82, 2.24) is 10.2 Å². The number of benzene rings is 1. The molecule has 0 radical (unpaired) electrons. The number of rotatable bonds is 4. The molecule has 1 saturated heterocycles. The quantitative estimate of drug-likeness (QED) is 0.875. The van der Waals surface area contributed by atoms with Gasteiger partial charge >= 0.3 is 6.03 Å². The minimum Gasteiger partial charge on any atom is -0.330 e. The van der Waals surface area contributed by atoms with Crippen LogP contribution >= 0.6 is 0 Å². The van der Waals surface area contributed by atoms with Crippen molar-refractivity contribution in [3.8, 4) is 0 Å². The lowest BCUT2D eigenvalue weighted by atomic mass is 9.98. The zero-order valence-electron chi connectivity index (χ0n) is 11.3. The van der Waals surface area contributed by atoms with Crippen LogP contribution in [0, 0.1) is 5.82 Å². The molecule has 2 rings (SSSR count). The lowest BCUT2D eigenvalue weighted by molar-refractivity contribution is 0.153. The standard InChI is InChI=1S/C14H20FN3O/c1-14(2,7-8-16)18-9-12(17-13(18)19)10-3-5-11(15)6-4-10/h3-6,12H,7-9,16H2,1-2H3,(H,17,19). The van der Waals surface area contributed by atoms with Gasteiger partial charge in [-0.25, -0.2) is 9.18 Å². The molecule has 0 spiro atoms. The summed E-state index contributed by atoms with van der Waals surface area (Å²) in [4.78, 5) is 13.8. The van der Waals surface area contributed by atoms with E-state index >= 15 is 0 Å². The first-order valence-electron chi connectivity index (χ1n) is 6.48. The third-order valence-corrected chi connectivity index (χ3v) is 3.67. The van der Waals surface area contributed by atoms with Crippen molar-refractivity contribution >= 4 is 6.03 Å². The maximum Gasteiger partial charge on any atom is 0.318 e. The molecule has 1 aliphatic heterocycles. The smallest absolute Gasteiger partial charge is 0.318 e. The summed E-state index contributed by atoms with van der Waals surface area (Å²) < 4.78 is 12.9. The van der Waals surface area contributed by atoms with Crippen LogP contribution in [0.3, 0.4) is 0 Å². The second-order valence-electron chi connectivity index (χ2n) is 5.52. The van der Waals surface area contributed by atoms with E-state index in [1.807, 2.05) is 13.8 Å². The minimum atomic E-state index is -0.270. The second-order valence-corrected chi connectivity index (χ2v) is 5.52. The SMILES string of the molecule is CC(C)(CCN)N1CC(c2ccc(F)cc2)NC1=O. The Morgan fingerprint density at radius 3 is 2.63 bits per heavy atom. The number of nitrogens with one attached hydrogen (secondary N) is 1. The van der Waals surface area contributed by atoms with Crippen LogP contribution < -0.4 is 11.1 Å². The summed E-state index contributed by atoms with van der Waals surface area (Å²) in [6.07, 6.45) is 0.747. The highest BCUT2D eigenvalue weighted by molar-refractivity contribution is 5.78. The first-order valence-corrected chi connectivity index (χ1v) is 6.48. The normalized spacial score (nSPS) is 19.7. The van der Waals surface area contributed by atoms with Crippen molar-refractivity contribution in [3.63, 3.8) is 0 Å². The molecule has 0 aliphatic carbocycles. The third-order valence-electron chi connectivity index (χ3n) is 3.67. The fourth-order valence-corrected chi connectivity index (χ4v) is 2.43. The Labute approximate surface area is 112 Å². The van der Waals surface area contributed by atoms with Gasteiger partial charge in [0.2, 0.25) is 0 Å². The average Bonchev–Trinajstić information content (AvgIpc) is 2.73. The Balaban J connectivity index is 2.13. The van der Waals surface area contributed by atoms with Crippen LogP contribution in [0.2, 0.25) is 0 Å². The Hall–Kier alpha value is -1.62. The van der Waals surface area contributed by atoms with Gasteiger partial charge in [-0.15, -0.1) is 0 Å². The molecule has 1 heterocycles. The zero-order valence-corrected chi connectivity index (χ0v) is 11.3. The van der Waals surface area contributed by atoms with Crippen molar-refractivity contribution < 1.29 is 9.18 Å². The van der Waals surface area contributed by atoms with Crippen LogP contribution in [0.5, 0.6) is 0 Å². The second kappa shape index (κ2) is 5.17. The number of halogens is 1. The summed E-state index contributed by atoms with van der Waals surface area (Å²) >= 11 is 0. The predicted molar refractivity (Wildman–Crippen MR) is 72.1 cm³/mol. The number of urea groups is 1. The first kappa shape index (κ1) is 13.8. The molecule has 0 bridgehead atoms. The Kier molecular flexibility index (Phi) is 3.75. The zero-order chi connectivity index (χ0) is 14.0. The molecule has 5 heteroatoms. The van der Waals surface area contributed by atoms with Gasteiger partial charge < -0.3 is 16.0 Å². The summed E-state index contributed by atoms with van der Waals surface area (Å²) in [6, 6.07) is 6.06. The van der Waals surface area contributed by atoms with Gasteiger partial charge in [0, 0.05) is 12.1 Å². The maximum atomic E-state index is 12.9. The molecule has 4 nitrogen and oxygen atoms in total. The molecule has 1 aromatic rings. The van der Waals surface area contributed by atoms with E-state index in [9.17, 15) is 9.18 Å². The number of carbonyl (C=O) groups excluding carboxylic acids is 1. The van der Waals surface area contributed by atoms with E-state index in [-0.39, 0.29) is 23.4 Å². The molecule has 1 fully saturated rings. The lowest BCUT2D eigenvalue weighted by Crippen LogP contribution is -2.46. The van der Waals surface area contributed by atoms with Crippen LogP contribution in [-0.2, 0) is 0 Å². The molecule has 19 heavy (non-hydrogen) atoms. The minimum absolute atomic E-state index is 0.0900. The van der Waals surface area contributed by atoms with Crippen LogP contribution in [0.15, 0.2) is 24.3 Å². The highest BCUT2D eigenvalue weighted by Crippen LogP contribution is 2.28. The molecular weight excluding hydrogens is 245 g/mol. The first-order chi connectivity index (χ1) is 8.94. The van der Waals surface area contributed by atoms with E-state index in [4.69, 9.17) is 5.73 Å². The fraction of sp³-hybridized carbons (Fsp3) is 0.500. The van der Waals surface area contributed by atoms with Gasteiger partial charge in [-0.2, -0.15) is 0 Å². The van der Waals surface area contributed by atoms with Crippen LogP contribution in [-0.4, -0.2) is 29.6 Å². The average molecular weight is 265 g/mol. The largest absolute Gasteiger partial charge is 0.330 e. The lowest BCUT2D eigenvalue weighted by Gasteiger charge is -2.34. The van der Waals surface area contributed by atoms with E-state index in [0.29, 0.717) is 13.1 Å². The summed E-state index contributed by atoms with van der Waals surface area (Å²) in [5, 5.41) is 2.93. The van der Waals surface area contributed by atoms with Gasteiger partial charge in [0.1, 0.15) is 5.82 Å². The van der Waals surface area contributed by atoms with E-state index in [2.05, 4.69) is 5.32 Å². The molecule has 1 unspecified atom stereocenters. The van der Waals surface area contributed by atoms with Gasteiger partial charge in [-0.3, -0.25) is 0 Å². The highest BCUT2D eigenvalue weighted by Gasteiger charge is 2.38. The summed E-state index contributed by atoms with van der Waals surface area (Å²) in [6.45, 7) is 5.13. The number of hydrogen-bond donors (Lipinski definition) is 2. The summed E-state index contributed by atoms with van der Waals surface area (Å²) in [5.41, 5.74) is 6.24. The Bertz CT molecular complexity index is 458. The molecule has 104 valence electrons. The van der Waals surface area contributed by atoms with Crippen molar-refractivity contribution in [1.29, 1.82) is 0 Å². The van der Waals surface area contributed by atoms with Crippen molar-refractivity contribution in [2.75, 3.05) is 13.1 Å². The van der Waals surface area contributed by atoms with Crippen molar-refractivity contribution in [2.45, 2.75) is 31.8 Å². The molecular formula is C14H20FN3O. The van der Waals surface area contributed by atoms with Gasteiger partial charge in [-0.05, 0) is 44.5 Å². The molecule has 1 atom stereocenters. The Morgan fingerprint density at radius 1 is 1.42 bits per heavy atom. The molecule has 2 amide bonds. The van der Waals surface area contributed by atoms with E-state index in [1.54, 1.807) is 17.0 Å². The van der Waals surface area contributed by atoms with Crippen LogP contribution in [0.4, 0.5) is 9.18 Å². The summed E-state index contributed by atoms with van der Waals surface area (Å²) in [7, 11) is 0. The maximum absolute atomic E-state index is 12.9. The molecule has 0 saturated carbocycles. The van der Waals surface area contributed by atoms with Gasteiger partial charge in [0.05, 0.1) is 6.04 Å². The van der Waals surface area contributed by atoms with Crippen molar-refractivity contribution in [3.05, 3.63) is 35.6 Å². The number of nitrogens with zero attached hydrogens (tertiary/aromatic N) is 1. The van der Waals surface area contributed by atoms with E-state index in [0.717, 1.165) is 12.0 Å². The Morgan fingerprint density at radius 2 is 2.05 bits per heavy atom. The van der Waals surface area contributed by atoms with Gasteiger partial charge in [0.25, 0.3) is 0 Å². The molecule has 0 aromatic heterocycles. The number of hydrogen-bond acceptors (Lipinski definition) is 2. The monoisotopic (exact) mass is 265 g/mol. The topological polar surface area (TPSA) is 58.4 Å². The number of nitrogens with two attached hydrogens (primary N) is 1. The number of amides is 2. The molecule has 1 aliphatic rings. The highest BCUT2D eigenvalue weighted by atomic mass is 19.1. The van der Waals surface area contributed by atoms with E-state index in [1.165, 1.54) is 12.1 Å².